The number of nitrogens with zero attached hydrogens (tertiary/aromatic N) is 3. The van der Waals surface area contributed by atoms with Gasteiger partial charge in [0.1, 0.15) is 0 Å². The van der Waals surface area contributed by atoms with Crippen molar-refractivity contribution in [2.75, 3.05) is 0 Å². The van der Waals surface area contributed by atoms with Gasteiger partial charge < -0.3 is 0 Å². The molecule has 0 fully saturated rings. The molecule has 0 aliphatic heterocycles. The van der Waals surface area contributed by atoms with E-state index in [-0.39, 0.29) is 13.0 Å². The predicted molar refractivity (Wildman–Crippen MR) is 42.2 cm³/mol. The molecular weight excluding hydrogens is 195 g/mol. The topological polar surface area (TPSA) is 41.6 Å². The highest BCUT2D eigenvalue weighted by Gasteiger charge is 2.34. The highest BCUT2D eigenvalue weighted by molar-refractivity contribution is 5.11. The molecule has 0 atom stereocenters. The van der Waals surface area contributed by atoms with Crippen LogP contribution >= 0.6 is 0 Å². The van der Waals surface area contributed by atoms with Gasteiger partial charge in [0.25, 0.3) is 0 Å². The predicted octanol–water partition coefficient (Wildman–Crippen LogP) is 2.12. The molecule has 0 saturated carbocycles. The average Bonchev–Trinajstić information content (AvgIpc) is 2.43. The van der Waals surface area contributed by atoms with Gasteiger partial charge in [0, 0.05) is 5.69 Å². The van der Waals surface area contributed by atoms with Gasteiger partial charge in [0.05, 0.1) is 19.0 Å². The zero-order valence-corrected chi connectivity index (χ0v) is 7.47. The van der Waals surface area contributed by atoms with Crippen LogP contribution in [0.15, 0.2) is 6.07 Å². The van der Waals surface area contributed by atoms with Crippen LogP contribution in [0.5, 0.6) is 0 Å². The number of aromatic nitrogens is 2. The second-order valence-corrected chi connectivity index (χ2v) is 2.80. The summed E-state index contributed by atoms with van der Waals surface area (Å²) in [6.45, 7) is 1.72. The van der Waals surface area contributed by atoms with Crippen LogP contribution in [0.3, 0.4) is 0 Å². The summed E-state index contributed by atoms with van der Waals surface area (Å²) in [5, 5.41) is 11.6. The van der Waals surface area contributed by atoms with Gasteiger partial charge in [-0.25, -0.2) is 0 Å². The average molecular weight is 203 g/mol. The maximum absolute atomic E-state index is 12.2. The summed E-state index contributed by atoms with van der Waals surface area (Å²) >= 11 is 0. The third-order valence-electron chi connectivity index (χ3n) is 1.71. The first-order valence-corrected chi connectivity index (χ1v) is 3.93. The van der Waals surface area contributed by atoms with E-state index < -0.39 is 11.9 Å². The Morgan fingerprint density at radius 2 is 2.21 bits per heavy atom. The van der Waals surface area contributed by atoms with E-state index in [0.717, 1.165) is 6.07 Å². The number of rotatable bonds is 2. The van der Waals surface area contributed by atoms with E-state index in [9.17, 15) is 13.2 Å². The summed E-state index contributed by atoms with van der Waals surface area (Å²) in [5.74, 6) is 0. The second-order valence-electron chi connectivity index (χ2n) is 2.80. The van der Waals surface area contributed by atoms with E-state index >= 15 is 0 Å². The molecule has 0 aliphatic rings. The Bertz CT molecular complexity index is 359. The summed E-state index contributed by atoms with van der Waals surface area (Å²) in [5.41, 5.74) is -0.500. The first-order valence-electron chi connectivity index (χ1n) is 3.93. The maximum atomic E-state index is 12.2. The van der Waals surface area contributed by atoms with Crippen molar-refractivity contribution >= 4 is 0 Å². The van der Waals surface area contributed by atoms with Gasteiger partial charge in [-0.2, -0.15) is 23.5 Å². The highest BCUT2D eigenvalue weighted by atomic mass is 19.4. The lowest BCUT2D eigenvalue weighted by atomic mass is 10.3. The molecule has 6 heteroatoms. The van der Waals surface area contributed by atoms with E-state index in [4.69, 9.17) is 5.26 Å². The molecule has 0 spiro atoms. The summed E-state index contributed by atoms with van der Waals surface area (Å²) < 4.78 is 37.7. The third kappa shape index (κ3) is 2.25. The van der Waals surface area contributed by atoms with Crippen LogP contribution in [0.25, 0.3) is 0 Å². The summed E-state index contributed by atoms with van der Waals surface area (Å²) in [6.07, 6.45) is -4.26. The minimum Gasteiger partial charge on any atom is -0.268 e. The molecule has 0 bridgehead atoms. The number of hydrogen-bond acceptors (Lipinski definition) is 2. The third-order valence-corrected chi connectivity index (χ3v) is 1.71. The van der Waals surface area contributed by atoms with Crippen LogP contribution in [0.4, 0.5) is 13.2 Å². The van der Waals surface area contributed by atoms with Crippen molar-refractivity contribution < 1.29 is 13.2 Å². The Labute approximate surface area is 78.8 Å². The summed E-state index contributed by atoms with van der Waals surface area (Å²) in [6, 6.07) is 2.82. The number of alkyl halides is 3. The molecule has 0 aromatic carbocycles. The van der Waals surface area contributed by atoms with E-state index in [2.05, 4.69) is 5.10 Å². The van der Waals surface area contributed by atoms with Crippen molar-refractivity contribution in [2.24, 2.45) is 0 Å². The standard InChI is InChI=1S/C8H8F3N3/c1-6-5-7(8(9,10)11)13-14(6)4-2-3-12/h5H,2,4H2,1H3. The SMILES string of the molecule is Cc1cc(C(F)(F)F)nn1CCC#N. The fourth-order valence-electron chi connectivity index (χ4n) is 1.03. The molecule has 14 heavy (non-hydrogen) atoms. The van der Waals surface area contributed by atoms with Crippen LogP contribution < -0.4 is 0 Å². The van der Waals surface area contributed by atoms with E-state index in [1.165, 1.54) is 11.6 Å². The van der Waals surface area contributed by atoms with Crippen LogP contribution in [-0.4, -0.2) is 9.78 Å². The molecule has 0 amide bonds. The van der Waals surface area contributed by atoms with Gasteiger partial charge in [-0.05, 0) is 13.0 Å². The zero-order valence-electron chi connectivity index (χ0n) is 7.47. The maximum Gasteiger partial charge on any atom is 0.435 e. The minimum atomic E-state index is -4.41. The van der Waals surface area contributed by atoms with Crippen molar-refractivity contribution in [1.29, 1.82) is 5.26 Å². The molecule has 0 aliphatic carbocycles. The van der Waals surface area contributed by atoms with Gasteiger partial charge in [0.15, 0.2) is 5.69 Å². The van der Waals surface area contributed by atoms with Gasteiger partial charge in [-0.3, -0.25) is 4.68 Å². The fourth-order valence-corrected chi connectivity index (χ4v) is 1.03. The molecule has 0 N–H and O–H groups in total. The van der Waals surface area contributed by atoms with Crippen molar-refractivity contribution in [3.05, 3.63) is 17.5 Å². The zero-order chi connectivity index (χ0) is 10.8. The summed E-state index contributed by atoms with van der Waals surface area (Å²) in [4.78, 5) is 0. The number of hydrogen-bond donors (Lipinski definition) is 0. The lowest BCUT2D eigenvalue weighted by molar-refractivity contribution is -0.141. The van der Waals surface area contributed by atoms with E-state index in [1.807, 2.05) is 6.07 Å². The molecule has 1 aromatic rings. The van der Waals surface area contributed by atoms with Gasteiger partial charge in [-0.15, -0.1) is 0 Å². The Hall–Kier alpha value is -1.51. The first kappa shape index (κ1) is 10.6. The van der Waals surface area contributed by atoms with Crippen LogP contribution in [0.1, 0.15) is 17.8 Å². The number of halogens is 3. The second kappa shape index (κ2) is 3.70. The minimum absolute atomic E-state index is 0.153. The molecule has 0 saturated heterocycles. The smallest absolute Gasteiger partial charge is 0.268 e. The Kier molecular flexibility index (Phi) is 2.79. The summed E-state index contributed by atoms with van der Waals surface area (Å²) in [7, 11) is 0. The molecule has 1 rings (SSSR count). The molecule has 1 aromatic heterocycles. The molecule has 0 radical (unpaired) electrons. The Balaban J connectivity index is 2.89. The molecular formula is C8H8F3N3. The van der Waals surface area contributed by atoms with Gasteiger partial charge in [0.2, 0.25) is 0 Å². The highest BCUT2D eigenvalue weighted by Crippen LogP contribution is 2.28. The lowest BCUT2D eigenvalue weighted by Crippen LogP contribution is -2.08. The Morgan fingerprint density at radius 1 is 1.57 bits per heavy atom. The van der Waals surface area contributed by atoms with Crippen LogP contribution in [-0.2, 0) is 12.7 Å². The van der Waals surface area contributed by atoms with Gasteiger partial charge >= 0.3 is 6.18 Å². The van der Waals surface area contributed by atoms with Crippen LogP contribution in [0.2, 0.25) is 0 Å². The number of aryl methyl sites for hydroxylation is 2. The molecule has 0 unspecified atom stereocenters. The van der Waals surface area contributed by atoms with E-state index in [0.29, 0.717) is 5.69 Å². The Morgan fingerprint density at radius 3 is 2.64 bits per heavy atom. The monoisotopic (exact) mass is 203 g/mol. The normalized spacial score (nSPS) is 11.4. The largest absolute Gasteiger partial charge is 0.435 e. The van der Waals surface area contributed by atoms with E-state index in [1.54, 1.807) is 0 Å². The molecule has 1 heterocycles. The van der Waals surface area contributed by atoms with Gasteiger partial charge in [-0.1, -0.05) is 0 Å². The van der Waals surface area contributed by atoms with Crippen molar-refractivity contribution in [3.8, 4) is 6.07 Å². The van der Waals surface area contributed by atoms with Crippen molar-refractivity contribution in [3.63, 3.8) is 0 Å². The van der Waals surface area contributed by atoms with Crippen molar-refractivity contribution in [1.82, 2.24) is 9.78 Å². The fraction of sp³-hybridized carbons (Fsp3) is 0.500. The lowest BCUT2D eigenvalue weighted by Gasteiger charge is -2.01. The number of nitriles is 1. The first-order chi connectivity index (χ1) is 6.45. The quantitative estimate of drug-likeness (QED) is 0.738. The van der Waals surface area contributed by atoms with Crippen LogP contribution in [0, 0.1) is 18.3 Å². The van der Waals surface area contributed by atoms with Crippen molar-refractivity contribution in [2.45, 2.75) is 26.1 Å². The molecule has 76 valence electrons. The molecule has 3 nitrogen and oxygen atoms in total.